The number of esters is 3. The first kappa shape index (κ1) is 31.5. The molecule has 5 aliphatic heterocycles. The Balaban J connectivity index is 1.31. The van der Waals surface area contributed by atoms with Crippen LogP contribution in [0.25, 0.3) is 0 Å². The van der Waals surface area contributed by atoms with Gasteiger partial charge >= 0.3 is 17.9 Å². The fourth-order valence-electron chi connectivity index (χ4n) is 11.8. The van der Waals surface area contributed by atoms with Crippen molar-refractivity contribution in [1.29, 1.82) is 0 Å². The monoisotopic (exact) mass is 662 g/mol. The van der Waals surface area contributed by atoms with Gasteiger partial charge in [0, 0.05) is 40.6 Å². The van der Waals surface area contributed by atoms with Crippen LogP contribution < -0.4 is 0 Å². The molecule has 16 atom stereocenters. The topological polar surface area (TPSA) is 189 Å². The molecular weight excluding hydrogens is 620 g/mol. The number of fused-ring (bicyclic) bond motifs is 7. The van der Waals surface area contributed by atoms with Gasteiger partial charge in [-0.05, 0) is 27.2 Å². The van der Waals surface area contributed by atoms with E-state index in [-0.39, 0.29) is 31.3 Å². The van der Waals surface area contributed by atoms with Gasteiger partial charge in [0.05, 0.1) is 57.8 Å². The van der Waals surface area contributed by atoms with E-state index in [0.29, 0.717) is 12.0 Å². The second-order valence-electron chi connectivity index (χ2n) is 15.0. The summed E-state index contributed by atoms with van der Waals surface area (Å²) in [6.45, 7) is 6.53. The zero-order chi connectivity index (χ0) is 33.6. The molecular formula is C33H42O14. The predicted molar refractivity (Wildman–Crippen MR) is 154 cm³/mol. The summed E-state index contributed by atoms with van der Waals surface area (Å²) < 4.78 is 48.2. The first-order chi connectivity index (χ1) is 22.3. The molecule has 1 unspecified atom stereocenters. The number of epoxide rings is 1. The van der Waals surface area contributed by atoms with Crippen molar-refractivity contribution in [3.8, 4) is 0 Å². The second-order valence-corrected chi connectivity index (χ2v) is 15.0. The molecule has 0 aromatic rings. The normalized spacial score (nSPS) is 54.7. The lowest BCUT2D eigenvalue weighted by Gasteiger charge is -2.65. The van der Waals surface area contributed by atoms with Crippen LogP contribution in [0.2, 0.25) is 0 Å². The van der Waals surface area contributed by atoms with Crippen LogP contribution in [0.4, 0.5) is 0 Å². The van der Waals surface area contributed by atoms with E-state index in [2.05, 4.69) is 0 Å². The van der Waals surface area contributed by atoms with Crippen LogP contribution in [0.5, 0.6) is 0 Å². The fraction of sp³-hybridized carbons (Fsp3) is 0.788. The Labute approximate surface area is 271 Å². The molecule has 4 saturated heterocycles. The molecule has 47 heavy (non-hydrogen) atoms. The Morgan fingerprint density at radius 1 is 1.04 bits per heavy atom. The smallest absolute Gasteiger partial charge is 0.335 e. The summed E-state index contributed by atoms with van der Waals surface area (Å²) in [4.78, 5) is 40.8. The van der Waals surface area contributed by atoms with Gasteiger partial charge in [0.15, 0.2) is 6.10 Å². The average molecular weight is 663 g/mol. The molecule has 7 fully saturated rings. The van der Waals surface area contributed by atoms with Crippen LogP contribution in [0.15, 0.2) is 23.7 Å². The highest BCUT2D eigenvalue weighted by Gasteiger charge is 2.94. The van der Waals surface area contributed by atoms with Crippen molar-refractivity contribution in [1.82, 2.24) is 0 Å². The van der Waals surface area contributed by atoms with Crippen molar-refractivity contribution in [2.75, 3.05) is 27.4 Å². The van der Waals surface area contributed by atoms with Crippen molar-refractivity contribution in [2.45, 2.75) is 94.7 Å². The van der Waals surface area contributed by atoms with Gasteiger partial charge in [0.2, 0.25) is 6.29 Å². The summed E-state index contributed by atoms with van der Waals surface area (Å²) in [5, 5.41) is 35.9. The zero-order valence-electron chi connectivity index (χ0n) is 27.2. The number of carbonyl (C=O) groups excluding carboxylic acids is 3. The molecule has 8 rings (SSSR count). The Bertz CT molecular complexity index is 1490. The number of allylic oxidation sites excluding steroid dienone is 1. The van der Waals surface area contributed by atoms with E-state index in [1.807, 2.05) is 13.8 Å². The van der Waals surface area contributed by atoms with E-state index in [4.69, 9.17) is 37.9 Å². The van der Waals surface area contributed by atoms with Gasteiger partial charge in [0.1, 0.15) is 34.7 Å². The van der Waals surface area contributed by atoms with Crippen LogP contribution >= 0.6 is 0 Å². The maximum absolute atomic E-state index is 14.0. The van der Waals surface area contributed by atoms with Gasteiger partial charge in [-0.1, -0.05) is 13.0 Å². The third-order valence-electron chi connectivity index (χ3n) is 13.8. The second kappa shape index (κ2) is 9.69. The lowest BCUT2D eigenvalue weighted by molar-refractivity contribution is -0.283. The van der Waals surface area contributed by atoms with E-state index >= 15 is 0 Å². The highest BCUT2D eigenvalue weighted by Crippen LogP contribution is 2.82. The van der Waals surface area contributed by atoms with Crippen molar-refractivity contribution in [3.05, 3.63) is 23.7 Å². The Kier molecular flexibility index (Phi) is 6.50. The van der Waals surface area contributed by atoms with E-state index in [1.165, 1.54) is 20.5 Å². The summed E-state index contributed by atoms with van der Waals surface area (Å²) in [6, 6.07) is 0. The predicted octanol–water partition coefficient (Wildman–Crippen LogP) is 0.677. The standard InChI is InChI=1S/C33H42O14/c1-7-13(2)25(37)45-17-9-16(35)31-11-44-21(26(38)40-5)22(31)29(3,24(36)20-23(31)32(17,12-43-20)28(39)41-6)33-18-8-14(30(33,4)47-33)19-15(34)10-42-27(19)46-18/h7,10,14,16-24,27,34-36H,8-9,11-12H2,1-6H3/b13-7+/t14-,16+,17+,18-,19-,20+,21?,22-,23+,24+,27-,29-,30-,31+,32-,33-/m0/s1. The van der Waals surface area contributed by atoms with E-state index < -0.39 is 106 Å². The van der Waals surface area contributed by atoms with Crippen molar-refractivity contribution in [3.63, 3.8) is 0 Å². The van der Waals surface area contributed by atoms with E-state index in [0.717, 1.165) is 0 Å². The van der Waals surface area contributed by atoms with Crippen LogP contribution in [0.3, 0.4) is 0 Å². The number of aliphatic hydroxyl groups excluding tert-OH is 3. The fourth-order valence-corrected chi connectivity index (χ4v) is 11.8. The van der Waals surface area contributed by atoms with Crippen LogP contribution in [-0.2, 0) is 52.3 Å². The van der Waals surface area contributed by atoms with Gasteiger partial charge in [-0.15, -0.1) is 0 Å². The molecule has 14 nitrogen and oxygen atoms in total. The number of aliphatic hydroxyl groups is 3. The minimum absolute atomic E-state index is 0.0481. The first-order valence-electron chi connectivity index (χ1n) is 16.3. The average Bonchev–Trinajstić information content (AvgIpc) is 3.46. The lowest BCUT2D eigenvalue weighted by atomic mass is 9.38. The molecule has 2 bridgehead atoms. The molecule has 0 radical (unpaired) electrons. The summed E-state index contributed by atoms with van der Waals surface area (Å²) in [7, 11) is 2.46. The van der Waals surface area contributed by atoms with Gasteiger partial charge in [0.25, 0.3) is 0 Å². The number of hydrogen-bond donors (Lipinski definition) is 3. The van der Waals surface area contributed by atoms with E-state index in [1.54, 1.807) is 19.9 Å². The minimum Gasteiger partial charge on any atom is -0.509 e. The number of carbonyl (C=O) groups is 3. The van der Waals surface area contributed by atoms with Crippen LogP contribution in [-0.4, -0.2) is 115 Å². The zero-order valence-corrected chi connectivity index (χ0v) is 27.2. The molecule has 1 spiro atoms. The van der Waals surface area contributed by atoms with Crippen LogP contribution in [0.1, 0.15) is 40.5 Å². The third kappa shape index (κ3) is 3.26. The SMILES string of the molecule is C/C=C(\C)C(=O)O[C@@H]1C[C@@H](O)[C@]23COC(C(=O)OC)[C@H]2[C@](C)([C@]24O[C@@]2(C)[C@H]2C[C@@H]4O[C@@H]4OC=C(O)[C@@H]42)[C@H](O)[C@@H]2OC[C@@]1(C(=O)OC)[C@H]23. The van der Waals surface area contributed by atoms with Gasteiger partial charge in [-0.2, -0.15) is 0 Å². The van der Waals surface area contributed by atoms with E-state index in [9.17, 15) is 29.7 Å². The number of methoxy groups -OCH3 is 2. The van der Waals surface area contributed by atoms with Crippen molar-refractivity contribution in [2.24, 2.45) is 39.9 Å². The number of hydrogen-bond acceptors (Lipinski definition) is 14. The van der Waals surface area contributed by atoms with Crippen molar-refractivity contribution >= 4 is 17.9 Å². The molecule has 258 valence electrons. The molecule has 0 amide bonds. The minimum atomic E-state index is -1.65. The largest absolute Gasteiger partial charge is 0.509 e. The third-order valence-corrected chi connectivity index (χ3v) is 13.8. The molecule has 5 heterocycles. The summed E-state index contributed by atoms with van der Waals surface area (Å²) >= 11 is 0. The molecule has 3 saturated carbocycles. The summed E-state index contributed by atoms with van der Waals surface area (Å²) in [5.74, 6) is -4.80. The Morgan fingerprint density at radius 2 is 1.79 bits per heavy atom. The van der Waals surface area contributed by atoms with Gasteiger partial charge in [-0.25, -0.2) is 9.59 Å². The molecule has 14 heteroatoms. The Hall–Kier alpha value is -2.75. The number of ether oxygens (including phenoxy) is 8. The van der Waals surface area contributed by atoms with Crippen LogP contribution in [0, 0.1) is 39.9 Å². The Morgan fingerprint density at radius 3 is 2.47 bits per heavy atom. The van der Waals surface area contributed by atoms with Crippen molar-refractivity contribution < 1.29 is 67.6 Å². The van der Waals surface area contributed by atoms with Gasteiger partial charge < -0.3 is 53.2 Å². The lowest BCUT2D eigenvalue weighted by Crippen LogP contribution is -2.77. The van der Waals surface area contributed by atoms with Gasteiger partial charge in [-0.3, -0.25) is 4.79 Å². The molecule has 3 N–H and O–H groups in total. The highest BCUT2D eigenvalue weighted by atomic mass is 16.7. The summed E-state index contributed by atoms with van der Waals surface area (Å²) in [5.41, 5.74) is -6.33. The molecule has 3 aliphatic carbocycles. The quantitative estimate of drug-likeness (QED) is 0.161. The first-order valence-corrected chi connectivity index (χ1v) is 16.3. The molecule has 0 aromatic carbocycles. The molecule has 0 aromatic heterocycles. The number of rotatable bonds is 5. The molecule has 8 aliphatic rings. The highest BCUT2D eigenvalue weighted by molar-refractivity contribution is 5.88. The maximum atomic E-state index is 14.0. The maximum Gasteiger partial charge on any atom is 0.335 e. The summed E-state index contributed by atoms with van der Waals surface area (Å²) in [6.07, 6.45) is -4.45.